The van der Waals surface area contributed by atoms with Crippen molar-refractivity contribution < 1.29 is 9.84 Å². The summed E-state index contributed by atoms with van der Waals surface area (Å²) in [5, 5.41) is 14.5. The van der Waals surface area contributed by atoms with E-state index in [4.69, 9.17) is 27.9 Å². The van der Waals surface area contributed by atoms with Crippen LogP contribution in [-0.2, 0) is 13.1 Å². The smallest absolute Gasteiger partial charge is 0.162 e. The van der Waals surface area contributed by atoms with E-state index in [0.29, 0.717) is 34.4 Å². The van der Waals surface area contributed by atoms with Gasteiger partial charge in [0.05, 0.1) is 7.11 Å². The second-order valence-electron chi connectivity index (χ2n) is 4.35. The lowest BCUT2D eigenvalue weighted by molar-refractivity contribution is 0.369. The van der Waals surface area contributed by atoms with Crippen molar-refractivity contribution in [3.63, 3.8) is 0 Å². The molecule has 5 heteroatoms. The molecular formula is C15H15Cl2NO2. The Bertz CT molecular complexity index is 602. The number of rotatable bonds is 5. The van der Waals surface area contributed by atoms with Gasteiger partial charge in [0.1, 0.15) is 0 Å². The van der Waals surface area contributed by atoms with Crippen molar-refractivity contribution in [1.29, 1.82) is 0 Å². The number of nitrogens with one attached hydrogen (secondary N) is 1. The minimum absolute atomic E-state index is 0.107. The molecule has 0 bridgehead atoms. The number of hydrogen-bond acceptors (Lipinski definition) is 3. The molecule has 2 N–H and O–H groups in total. The number of ether oxygens (including phenoxy) is 1. The van der Waals surface area contributed by atoms with Gasteiger partial charge in [-0.2, -0.15) is 0 Å². The maximum Gasteiger partial charge on any atom is 0.162 e. The van der Waals surface area contributed by atoms with Crippen molar-refractivity contribution >= 4 is 23.2 Å². The van der Waals surface area contributed by atoms with Gasteiger partial charge in [-0.15, -0.1) is 0 Å². The van der Waals surface area contributed by atoms with Crippen molar-refractivity contribution in [3.8, 4) is 11.5 Å². The lowest BCUT2D eigenvalue weighted by Crippen LogP contribution is -2.13. The van der Waals surface area contributed by atoms with E-state index in [1.54, 1.807) is 12.1 Å². The van der Waals surface area contributed by atoms with E-state index in [1.165, 1.54) is 7.11 Å². The predicted octanol–water partition coefficient (Wildman–Crippen LogP) is 4.00. The normalized spacial score (nSPS) is 10.6. The molecular weight excluding hydrogens is 297 g/mol. The van der Waals surface area contributed by atoms with Gasteiger partial charge in [0, 0.05) is 34.8 Å². The Morgan fingerprint density at radius 2 is 1.90 bits per heavy atom. The van der Waals surface area contributed by atoms with Gasteiger partial charge in [0.25, 0.3) is 0 Å². The highest BCUT2D eigenvalue weighted by atomic mass is 35.5. The van der Waals surface area contributed by atoms with Crippen LogP contribution in [0.1, 0.15) is 11.1 Å². The van der Waals surface area contributed by atoms with Crippen LogP contribution in [0, 0.1) is 0 Å². The van der Waals surface area contributed by atoms with Crippen LogP contribution >= 0.6 is 23.2 Å². The van der Waals surface area contributed by atoms with Gasteiger partial charge in [0.2, 0.25) is 0 Å². The van der Waals surface area contributed by atoms with Crippen molar-refractivity contribution in [2.75, 3.05) is 7.11 Å². The third kappa shape index (κ3) is 3.79. The van der Waals surface area contributed by atoms with Crippen LogP contribution in [0.25, 0.3) is 0 Å². The molecule has 0 aliphatic rings. The summed E-state index contributed by atoms with van der Waals surface area (Å²) in [7, 11) is 1.49. The summed E-state index contributed by atoms with van der Waals surface area (Å²) in [6, 6.07) is 10.9. The lowest BCUT2D eigenvalue weighted by atomic mass is 10.1. The Balaban J connectivity index is 2.02. The predicted molar refractivity (Wildman–Crippen MR) is 81.7 cm³/mol. The van der Waals surface area contributed by atoms with E-state index >= 15 is 0 Å². The monoisotopic (exact) mass is 311 g/mol. The SMILES string of the molecule is COc1cc(Cl)cc(CNCc2cccc(Cl)c2)c1O. The van der Waals surface area contributed by atoms with Crippen molar-refractivity contribution in [3.05, 3.63) is 57.6 Å². The molecule has 106 valence electrons. The standard InChI is InChI=1S/C15H15Cl2NO2/c1-20-14-7-13(17)6-11(15(14)19)9-18-8-10-3-2-4-12(16)5-10/h2-7,18-19H,8-9H2,1H3. The number of aromatic hydroxyl groups is 1. The second kappa shape index (κ2) is 6.84. The van der Waals surface area contributed by atoms with Gasteiger partial charge >= 0.3 is 0 Å². The third-order valence-corrected chi connectivity index (χ3v) is 3.33. The fourth-order valence-corrected chi connectivity index (χ4v) is 2.35. The maximum atomic E-state index is 10.0. The van der Waals surface area contributed by atoms with Crippen LogP contribution in [-0.4, -0.2) is 12.2 Å². The van der Waals surface area contributed by atoms with Gasteiger partial charge in [0.15, 0.2) is 11.5 Å². The summed E-state index contributed by atoms with van der Waals surface area (Å²) in [5.41, 5.74) is 1.77. The molecule has 0 amide bonds. The molecule has 2 aromatic rings. The van der Waals surface area contributed by atoms with E-state index < -0.39 is 0 Å². The molecule has 0 radical (unpaired) electrons. The fourth-order valence-electron chi connectivity index (χ4n) is 1.91. The zero-order chi connectivity index (χ0) is 14.5. The zero-order valence-electron chi connectivity index (χ0n) is 11.0. The summed E-state index contributed by atoms with van der Waals surface area (Å²) < 4.78 is 5.07. The Morgan fingerprint density at radius 3 is 2.60 bits per heavy atom. The summed E-state index contributed by atoms with van der Waals surface area (Å²) in [4.78, 5) is 0. The number of hydrogen-bond donors (Lipinski definition) is 2. The number of benzene rings is 2. The number of phenols is 1. The summed E-state index contributed by atoms with van der Waals surface area (Å²) >= 11 is 11.9. The highest BCUT2D eigenvalue weighted by Gasteiger charge is 2.09. The van der Waals surface area contributed by atoms with Gasteiger partial charge in [-0.25, -0.2) is 0 Å². The van der Waals surface area contributed by atoms with E-state index in [1.807, 2.05) is 24.3 Å². The van der Waals surface area contributed by atoms with E-state index in [-0.39, 0.29) is 5.75 Å². The Labute approximate surface area is 128 Å². The number of phenolic OH excluding ortho intramolecular Hbond substituents is 1. The topological polar surface area (TPSA) is 41.5 Å². The van der Waals surface area contributed by atoms with Crippen LogP contribution in [0.4, 0.5) is 0 Å². The molecule has 0 aromatic heterocycles. The van der Waals surface area contributed by atoms with E-state index in [0.717, 1.165) is 5.56 Å². The molecule has 2 rings (SSSR count). The number of halogens is 2. The molecule has 0 unspecified atom stereocenters. The molecule has 0 aliphatic heterocycles. The summed E-state index contributed by atoms with van der Waals surface area (Å²) in [6.45, 7) is 1.13. The average molecular weight is 312 g/mol. The zero-order valence-corrected chi connectivity index (χ0v) is 12.5. The quantitative estimate of drug-likeness (QED) is 0.877. The summed E-state index contributed by atoms with van der Waals surface area (Å²) in [5.74, 6) is 0.479. The average Bonchev–Trinajstić information content (AvgIpc) is 2.42. The van der Waals surface area contributed by atoms with Crippen LogP contribution in [0.2, 0.25) is 10.0 Å². The molecule has 0 fully saturated rings. The maximum absolute atomic E-state index is 10.0. The largest absolute Gasteiger partial charge is 0.504 e. The minimum atomic E-state index is 0.107. The lowest BCUT2D eigenvalue weighted by Gasteiger charge is -2.11. The Kier molecular flexibility index (Phi) is 5.12. The molecule has 3 nitrogen and oxygen atoms in total. The number of methoxy groups -OCH3 is 1. The minimum Gasteiger partial charge on any atom is -0.504 e. The molecule has 2 aromatic carbocycles. The van der Waals surface area contributed by atoms with Gasteiger partial charge in [-0.3, -0.25) is 0 Å². The van der Waals surface area contributed by atoms with Crippen molar-refractivity contribution in [2.45, 2.75) is 13.1 Å². The van der Waals surface area contributed by atoms with Crippen LogP contribution in [0.3, 0.4) is 0 Å². The Morgan fingerprint density at radius 1 is 1.10 bits per heavy atom. The first kappa shape index (κ1) is 15.0. The van der Waals surface area contributed by atoms with Gasteiger partial charge in [-0.05, 0) is 23.8 Å². The highest BCUT2D eigenvalue weighted by molar-refractivity contribution is 6.31. The van der Waals surface area contributed by atoms with Gasteiger partial charge < -0.3 is 15.2 Å². The molecule has 0 saturated carbocycles. The Hall–Kier alpha value is -1.42. The van der Waals surface area contributed by atoms with Gasteiger partial charge in [-0.1, -0.05) is 35.3 Å². The second-order valence-corrected chi connectivity index (χ2v) is 5.22. The van der Waals surface area contributed by atoms with E-state index in [9.17, 15) is 5.11 Å². The molecule has 0 aliphatic carbocycles. The first-order valence-corrected chi connectivity index (χ1v) is 6.86. The summed E-state index contributed by atoms with van der Waals surface area (Å²) in [6.07, 6.45) is 0. The van der Waals surface area contributed by atoms with E-state index in [2.05, 4.69) is 5.32 Å². The highest BCUT2D eigenvalue weighted by Crippen LogP contribution is 2.33. The van der Waals surface area contributed by atoms with Crippen LogP contribution in [0.5, 0.6) is 11.5 Å². The first-order valence-electron chi connectivity index (χ1n) is 6.10. The van der Waals surface area contributed by atoms with Crippen molar-refractivity contribution in [1.82, 2.24) is 5.32 Å². The van der Waals surface area contributed by atoms with Crippen LogP contribution in [0.15, 0.2) is 36.4 Å². The first-order chi connectivity index (χ1) is 9.60. The molecule has 0 saturated heterocycles. The third-order valence-electron chi connectivity index (χ3n) is 2.87. The molecule has 0 heterocycles. The fraction of sp³-hybridized carbons (Fsp3) is 0.200. The molecule has 0 spiro atoms. The molecule has 20 heavy (non-hydrogen) atoms. The molecule has 0 atom stereocenters. The van der Waals surface area contributed by atoms with Crippen molar-refractivity contribution in [2.24, 2.45) is 0 Å². The van der Waals surface area contributed by atoms with Crippen LogP contribution < -0.4 is 10.1 Å².